The van der Waals surface area contributed by atoms with E-state index in [4.69, 9.17) is 0 Å². The van der Waals surface area contributed by atoms with Crippen LogP contribution in [0, 0.1) is 11.8 Å². The van der Waals surface area contributed by atoms with Gasteiger partial charge >= 0.3 is 0 Å². The SMILES string of the molecule is CC([C@@H](C)[C@H](C)[C@H](C)N1C(=O)c2ccccc2C1=O)N1C(=O)c2ccccc2C1=O. The van der Waals surface area contributed by atoms with Crippen molar-refractivity contribution in [1.29, 1.82) is 0 Å². The highest BCUT2D eigenvalue weighted by molar-refractivity contribution is 6.22. The second-order valence-corrected chi connectivity index (χ2v) is 8.25. The Hall–Kier alpha value is -3.28. The number of hydrogen-bond acceptors (Lipinski definition) is 4. The van der Waals surface area contributed by atoms with Crippen LogP contribution in [0.25, 0.3) is 0 Å². The molecule has 6 nitrogen and oxygen atoms in total. The molecule has 0 saturated heterocycles. The predicted octanol–water partition coefficient (Wildman–Crippen LogP) is 3.63. The van der Waals surface area contributed by atoms with Crippen molar-refractivity contribution in [3.8, 4) is 0 Å². The van der Waals surface area contributed by atoms with Crippen LogP contribution < -0.4 is 0 Å². The van der Waals surface area contributed by atoms with Gasteiger partial charge in [-0.1, -0.05) is 38.1 Å². The molecule has 0 saturated carbocycles. The molecule has 0 aliphatic carbocycles. The molecular formula is C24H24N2O4. The second kappa shape index (κ2) is 7.20. The number of hydrogen-bond donors (Lipinski definition) is 0. The van der Waals surface area contributed by atoms with Crippen molar-refractivity contribution < 1.29 is 19.2 Å². The number of carbonyl (C=O) groups excluding carboxylic acids is 4. The van der Waals surface area contributed by atoms with Gasteiger partial charge in [-0.2, -0.15) is 0 Å². The lowest BCUT2D eigenvalue weighted by atomic mass is 9.83. The second-order valence-electron chi connectivity index (χ2n) is 8.25. The molecule has 2 aliphatic rings. The maximum atomic E-state index is 12.8. The van der Waals surface area contributed by atoms with Crippen LogP contribution in [0.1, 0.15) is 69.1 Å². The Balaban J connectivity index is 1.55. The lowest BCUT2D eigenvalue weighted by Crippen LogP contribution is -2.49. The minimum atomic E-state index is -0.384. The highest BCUT2D eigenvalue weighted by Crippen LogP contribution is 2.34. The Morgan fingerprint density at radius 2 is 0.733 bits per heavy atom. The highest BCUT2D eigenvalue weighted by Gasteiger charge is 2.44. The summed E-state index contributed by atoms with van der Waals surface area (Å²) < 4.78 is 0. The Labute approximate surface area is 175 Å². The smallest absolute Gasteiger partial charge is 0.261 e. The van der Waals surface area contributed by atoms with Crippen molar-refractivity contribution in [3.05, 3.63) is 70.8 Å². The van der Waals surface area contributed by atoms with E-state index in [1.807, 2.05) is 27.7 Å². The van der Waals surface area contributed by atoms with Crippen LogP contribution in [0.4, 0.5) is 0 Å². The summed E-state index contributed by atoms with van der Waals surface area (Å²) in [4.78, 5) is 54.0. The van der Waals surface area contributed by atoms with Crippen LogP contribution in [-0.4, -0.2) is 45.5 Å². The van der Waals surface area contributed by atoms with E-state index in [9.17, 15) is 19.2 Å². The van der Waals surface area contributed by atoms with E-state index in [1.54, 1.807) is 48.5 Å². The van der Waals surface area contributed by atoms with Gasteiger partial charge in [0.05, 0.1) is 22.3 Å². The van der Waals surface area contributed by atoms with E-state index in [0.717, 1.165) is 0 Å². The largest absolute Gasteiger partial charge is 0.271 e. The summed E-state index contributed by atoms with van der Waals surface area (Å²) >= 11 is 0. The zero-order valence-corrected chi connectivity index (χ0v) is 17.5. The van der Waals surface area contributed by atoms with E-state index >= 15 is 0 Å². The zero-order valence-electron chi connectivity index (χ0n) is 17.5. The van der Waals surface area contributed by atoms with Crippen molar-refractivity contribution >= 4 is 23.6 Å². The molecule has 2 aliphatic heterocycles. The Kier molecular flexibility index (Phi) is 4.80. The number of rotatable bonds is 5. The van der Waals surface area contributed by atoms with Crippen LogP contribution in [-0.2, 0) is 0 Å². The number of carbonyl (C=O) groups is 4. The van der Waals surface area contributed by atoms with Gasteiger partial charge in [0.2, 0.25) is 0 Å². The third kappa shape index (κ3) is 2.78. The van der Waals surface area contributed by atoms with Crippen LogP contribution in [0.5, 0.6) is 0 Å². The number of nitrogens with zero attached hydrogens (tertiary/aromatic N) is 2. The van der Waals surface area contributed by atoms with E-state index in [2.05, 4.69) is 0 Å². The topological polar surface area (TPSA) is 74.8 Å². The van der Waals surface area contributed by atoms with Crippen LogP contribution in [0.3, 0.4) is 0 Å². The number of imide groups is 2. The average Bonchev–Trinajstić information content (AvgIpc) is 3.17. The van der Waals surface area contributed by atoms with Gasteiger partial charge in [0.25, 0.3) is 23.6 Å². The molecule has 2 aromatic rings. The summed E-state index contributed by atoms with van der Waals surface area (Å²) in [5.74, 6) is -1.45. The Bertz CT molecular complexity index is 921. The first kappa shape index (κ1) is 20.0. The predicted molar refractivity (Wildman–Crippen MR) is 111 cm³/mol. The quantitative estimate of drug-likeness (QED) is 0.714. The molecule has 2 heterocycles. The van der Waals surface area contributed by atoms with Crippen LogP contribution >= 0.6 is 0 Å². The lowest BCUT2D eigenvalue weighted by molar-refractivity contribution is 0.0396. The minimum absolute atomic E-state index is 0.133. The molecule has 6 heteroatoms. The molecule has 1 unspecified atom stereocenters. The van der Waals surface area contributed by atoms with Gasteiger partial charge in [0, 0.05) is 12.1 Å². The summed E-state index contributed by atoms with van der Waals surface area (Å²) in [5, 5.41) is 0. The van der Waals surface area contributed by atoms with Gasteiger partial charge in [-0.15, -0.1) is 0 Å². The minimum Gasteiger partial charge on any atom is -0.271 e. The van der Waals surface area contributed by atoms with E-state index in [1.165, 1.54) is 9.80 Å². The Morgan fingerprint density at radius 1 is 0.500 bits per heavy atom. The summed E-state index contributed by atoms with van der Waals surface area (Å²) in [7, 11) is 0. The molecule has 30 heavy (non-hydrogen) atoms. The molecule has 0 radical (unpaired) electrons. The van der Waals surface area contributed by atoms with Gasteiger partial charge in [-0.25, -0.2) is 0 Å². The number of fused-ring (bicyclic) bond motifs is 2. The van der Waals surface area contributed by atoms with Gasteiger partial charge in [-0.05, 0) is 49.9 Å². The van der Waals surface area contributed by atoms with E-state index in [0.29, 0.717) is 22.3 Å². The normalized spacial score (nSPS) is 19.6. The summed E-state index contributed by atoms with van der Waals surface area (Å²) in [6.07, 6.45) is 0. The molecule has 2 aromatic carbocycles. The van der Waals surface area contributed by atoms with Gasteiger partial charge in [0.1, 0.15) is 0 Å². The van der Waals surface area contributed by atoms with Gasteiger partial charge in [-0.3, -0.25) is 29.0 Å². The van der Waals surface area contributed by atoms with Crippen molar-refractivity contribution in [2.45, 2.75) is 39.8 Å². The van der Waals surface area contributed by atoms with Crippen molar-refractivity contribution in [2.24, 2.45) is 11.8 Å². The van der Waals surface area contributed by atoms with Crippen molar-refractivity contribution in [1.82, 2.24) is 9.80 Å². The molecule has 0 bridgehead atoms. The maximum absolute atomic E-state index is 12.8. The van der Waals surface area contributed by atoms with Gasteiger partial charge in [0.15, 0.2) is 0 Å². The van der Waals surface area contributed by atoms with E-state index in [-0.39, 0.29) is 47.5 Å². The molecular weight excluding hydrogens is 380 g/mol. The fourth-order valence-corrected chi connectivity index (χ4v) is 4.50. The molecule has 4 rings (SSSR count). The van der Waals surface area contributed by atoms with Crippen LogP contribution in [0.2, 0.25) is 0 Å². The molecule has 4 atom stereocenters. The molecule has 0 fully saturated rings. The summed E-state index contributed by atoms with van der Waals surface area (Å²) in [5.41, 5.74) is 1.68. The molecule has 0 aromatic heterocycles. The molecule has 0 N–H and O–H groups in total. The first-order valence-corrected chi connectivity index (χ1v) is 10.2. The molecule has 4 amide bonds. The van der Waals surface area contributed by atoms with Crippen LogP contribution in [0.15, 0.2) is 48.5 Å². The third-order valence-corrected chi connectivity index (χ3v) is 6.82. The van der Waals surface area contributed by atoms with Crippen molar-refractivity contribution in [3.63, 3.8) is 0 Å². The number of amides is 4. The average molecular weight is 404 g/mol. The highest BCUT2D eigenvalue weighted by atomic mass is 16.2. The summed E-state index contributed by atoms with van der Waals surface area (Å²) in [6, 6.07) is 12.9. The fraction of sp³-hybridized carbons (Fsp3) is 0.333. The third-order valence-electron chi connectivity index (χ3n) is 6.82. The molecule has 154 valence electrons. The number of benzene rings is 2. The van der Waals surface area contributed by atoms with E-state index < -0.39 is 0 Å². The lowest BCUT2D eigenvalue weighted by Gasteiger charge is -2.37. The monoisotopic (exact) mass is 404 g/mol. The first-order chi connectivity index (χ1) is 14.3. The first-order valence-electron chi connectivity index (χ1n) is 10.2. The van der Waals surface area contributed by atoms with Gasteiger partial charge < -0.3 is 0 Å². The van der Waals surface area contributed by atoms with Crippen molar-refractivity contribution in [2.75, 3.05) is 0 Å². The maximum Gasteiger partial charge on any atom is 0.261 e. The zero-order chi connectivity index (χ0) is 21.7. The summed E-state index contributed by atoms with van der Waals surface area (Å²) in [6.45, 7) is 7.59. The molecule has 0 spiro atoms. The Morgan fingerprint density at radius 3 is 0.967 bits per heavy atom. The standard InChI is InChI=1S/C24H24N2O4/c1-13(15(3)25-21(27)17-9-5-6-10-18(17)22(25)28)14(2)16(4)26-23(29)19-11-7-8-12-20(19)24(26)30/h5-16H,1-4H3/t13-,14-,15-,16?/m0/s1. The fourth-order valence-electron chi connectivity index (χ4n) is 4.50.